The van der Waals surface area contributed by atoms with Crippen LogP contribution >= 0.6 is 0 Å². The SMILES string of the molecule is CCC(Cc1ccccc1)NCc1ccccc1O. The summed E-state index contributed by atoms with van der Waals surface area (Å²) in [4.78, 5) is 0. The summed E-state index contributed by atoms with van der Waals surface area (Å²) < 4.78 is 0. The van der Waals surface area contributed by atoms with Gasteiger partial charge in [0.15, 0.2) is 0 Å². The van der Waals surface area contributed by atoms with Crippen LogP contribution in [0.1, 0.15) is 24.5 Å². The molecule has 0 fully saturated rings. The maximum Gasteiger partial charge on any atom is 0.120 e. The molecule has 0 aliphatic carbocycles. The van der Waals surface area contributed by atoms with E-state index in [0.29, 0.717) is 18.3 Å². The van der Waals surface area contributed by atoms with Gasteiger partial charge in [0.1, 0.15) is 5.75 Å². The van der Waals surface area contributed by atoms with Crippen LogP contribution < -0.4 is 5.32 Å². The zero-order valence-corrected chi connectivity index (χ0v) is 11.3. The van der Waals surface area contributed by atoms with E-state index < -0.39 is 0 Å². The highest BCUT2D eigenvalue weighted by atomic mass is 16.3. The lowest BCUT2D eigenvalue weighted by atomic mass is 10.0. The molecule has 2 rings (SSSR count). The van der Waals surface area contributed by atoms with E-state index in [-0.39, 0.29) is 0 Å². The molecule has 2 heteroatoms. The first-order valence-corrected chi connectivity index (χ1v) is 6.83. The minimum absolute atomic E-state index is 0.365. The highest BCUT2D eigenvalue weighted by molar-refractivity contribution is 5.31. The van der Waals surface area contributed by atoms with Gasteiger partial charge in [0, 0.05) is 18.2 Å². The third-order valence-corrected chi connectivity index (χ3v) is 3.39. The Kier molecular flexibility index (Phi) is 4.99. The number of hydrogen-bond donors (Lipinski definition) is 2. The lowest BCUT2D eigenvalue weighted by Crippen LogP contribution is -2.30. The zero-order valence-electron chi connectivity index (χ0n) is 11.3. The predicted molar refractivity (Wildman–Crippen MR) is 79.2 cm³/mol. The van der Waals surface area contributed by atoms with Gasteiger partial charge in [-0.05, 0) is 24.5 Å². The molecule has 100 valence electrons. The maximum absolute atomic E-state index is 9.75. The van der Waals surface area contributed by atoms with Crippen LogP contribution in [0.2, 0.25) is 0 Å². The first-order valence-electron chi connectivity index (χ1n) is 6.83. The monoisotopic (exact) mass is 255 g/mol. The Balaban J connectivity index is 1.91. The summed E-state index contributed by atoms with van der Waals surface area (Å²) in [5.41, 5.74) is 2.30. The molecule has 0 amide bonds. The number of benzene rings is 2. The summed E-state index contributed by atoms with van der Waals surface area (Å²) in [6.45, 7) is 2.89. The van der Waals surface area contributed by atoms with Crippen molar-refractivity contribution in [3.63, 3.8) is 0 Å². The molecule has 1 unspecified atom stereocenters. The lowest BCUT2D eigenvalue weighted by Gasteiger charge is -2.17. The average Bonchev–Trinajstić information content (AvgIpc) is 2.46. The normalized spacial score (nSPS) is 12.3. The molecule has 0 aliphatic rings. The second-order valence-corrected chi connectivity index (χ2v) is 4.80. The van der Waals surface area contributed by atoms with E-state index in [4.69, 9.17) is 0 Å². The molecule has 0 spiro atoms. The molecule has 0 saturated carbocycles. The summed E-state index contributed by atoms with van der Waals surface area (Å²) in [6.07, 6.45) is 2.09. The summed E-state index contributed by atoms with van der Waals surface area (Å²) in [6, 6.07) is 18.4. The second-order valence-electron chi connectivity index (χ2n) is 4.80. The van der Waals surface area contributed by atoms with Crippen molar-refractivity contribution in [2.45, 2.75) is 32.4 Å². The summed E-state index contributed by atoms with van der Waals surface area (Å²) >= 11 is 0. The largest absolute Gasteiger partial charge is 0.508 e. The van der Waals surface area contributed by atoms with E-state index in [2.05, 4.69) is 36.5 Å². The van der Waals surface area contributed by atoms with Gasteiger partial charge in [-0.3, -0.25) is 0 Å². The Morgan fingerprint density at radius 2 is 1.68 bits per heavy atom. The number of phenols is 1. The summed E-state index contributed by atoms with van der Waals surface area (Å²) in [5, 5.41) is 13.3. The van der Waals surface area contributed by atoms with Crippen molar-refractivity contribution in [1.82, 2.24) is 5.32 Å². The van der Waals surface area contributed by atoms with Crippen molar-refractivity contribution in [1.29, 1.82) is 0 Å². The minimum Gasteiger partial charge on any atom is -0.508 e. The van der Waals surface area contributed by atoms with Crippen LogP contribution in [-0.2, 0) is 13.0 Å². The van der Waals surface area contributed by atoms with Crippen LogP contribution in [0, 0.1) is 0 Å². The number of aromatic hydroxyl groups is 1. The smallest absolute Gasteiger partial charge is 0.120 e. The molecule has 0 radical (unpaired) electrons. The van der Waals surface area contributed by atoms with Gasteiger partial charge in [-0.2, -0.15) is 0 Å². The van der Waals surface area contributed by atoms with Crippen molar-refractivity contribution in [2.75, 3.05) is 0 Å². The van der Waals surface area contributed by atoms with Gasteiger partial charge < -0.3 is 10.4 Å². The van der Waals surface area contributed by atoms with Crippen LogP contribution in [0.5, 0.6) is 5.75 Å². The van der Waals surface area contributed by atoms with Crippen molar-refractivity contribution in [3.8, 4) is 5.75 Å². The van der Waals surface area contributed by atoms with Gasteiger partial charge in [-0.1, -0.05) is 55.5 Å². The predicted octanol–water partition coefficient (Wildman–Crippen LogP) is 3.50. The van der Waals surface area contributed by atoms with Crippen LogP contribution in [0.15, 0.2) is 54.6 Å². The fourth-order valence-corrected chi connectivity index (χ4v) is 2.17. The molecule has 19 heavy (non-hydrogen) atoms. The van der Waals surface area contributed by atoms with Crippen molar-refractivity contribution in [3.05, 3.63) is 65.7 Å². The Morgan fingerprint density at radius 3 is 2.37 bits per heavy atom. The fourth-order valence-electron chi connectivity index (χ4n) is 2.17. The average molecular weight is 255 g/mol. The highest BCUT2D eigenvalue weighted by Gasteiger charge is 2.08. The first-order chi connectivity index (χ1) is 9.29. The van der Waals surface area contributed by atoms with E-state index in [1.165, 1.54) is 5.56 Å². The molecule has 0 saturated heterocycles. The van der Waals surface area contributed by atoms with Gasteiger partial charge in [0.05, 0.1) is 0 Å². The van der Waals surface area contributed by atoms with Crippen LogP contribution in [0.25, 0.3) is 0 Å². The van der Waals surface area contributed by atoms with Crippen LogP contribution in [0.3, 0.4) is 0 Å². The third kappa shape index (κ3) is 4.11. The quantitative estimate of drug-likeness (QED) is 0.828. The van der Waals surface area contributed by atoms with Gasteiger partial charge in [-0.25, -0.2) is 0 Å². The maximum atomic E-state index is 9.75. The number of phenolic OH excluding ortho intramolecular Hbond substituents is 1. The molecule has 0 aromatic heterocycles. The summed E-state index contributed by atoms with van der Waals surface area (Å²) in [7, 11) is 0. The van der Waals surface area contributed by atoms with Gasteiger partial charge in [0.25, 0.3) is 0 Å². The topological polar surface area (TPSA) is 32.3 Å². The first kappa shape index (κ1) is 13.6. The molecule has 2 aromatic rings. The van der Waals surface area contributed by atoms with E-state index >= 15 is 0 Å². The van der Waals surface area contributed by atoms with Crippen molar-refractivity contribution >= 4 is 0 Å². The number of para-hydroxylation sites is 1. The van der Waals surface area contributed by atoms with Gasteiger partial charge >= 0.3 is 0 Å². The Morgan fingerprint density at radius 1 is 1.00 bits per heavy atom. The van der Waals surface area contributed by atoms with E-state index in [0.717, 1.165) is 18.4 Å². The molecular weight excluding hydrogens is 234 g/mol. The number of hydrogen-bond acceptors (Lipinski definition) is 2. The van der Waals surface area contributed by atoms with Crippen molar-refractivity contribution < 1.29 is 5.11 Å². The highest BCUT2D eigenvalue weighted by Crippen LogP contribution is 2.15. The molecule has 2 aromatic carbocycles. The van der Waals surface area contributed by atoms with Gasteiger partial charge in [-0.15, -0.1) is 0 Å². The second kappa shape index (κ2) is 6.95. The Hall–Kier alpha value is -1.80. The van der Waals surface area contributed by atoms with Gasteiger partial charge in [0.2, 0.25) is 0 Å². The Bertz CT molecular complexity index is 496. The fraction of sp³-hybridized carbons (Fsp3) is 0.294. The Labute approximate surface area is 115 Å². The molecule has 0 bridgehead atoms. The van der Waals surface area contributed by atoms with E-state index in [1.807, 2.05) is 24.3 Å². The third-order valence-electron chi connectivity index (χ3n) is 3.39. The number of rotatable bonds is 6. The minimum atomic E-state index is 0.365. The lowest BCUT2D eigenvalue weighted by molar-refractivity contribution is 0.450. The van der Waals surface area contributed by atoms with E-state index in [1.54, 1.807) is 6.07 Å². The van der Waals surface area contributed by atoms with Crippen LogP contribution in [0.4, 0.5) is 0 Å². The number of nitrogens with one attached hydrogen (secondary N) is 1. The molecular formula is C17H21NO. The molecule has 0 aliphatic heterocycles. The van der Waals surface area contributed by atoms with Crippen molar-refractivity contribution in [2.24, 2.45) is 0 Å². The molecule has 1 atom stereocenters. The van der Waals surface area contributed by atoms with E-state index in [9.17, 15) is 5.11 Å². The standard InChI is InChI=1S/C17H21NO/c1-2-16(12-14-8-4-3-5-9-14)18-13-15-10-6-7-11-17(15)19/h3-11,16,18-19H,2,12-13H2,1H3. The molecule has 2 nitrogen and oxygen atoms in total. The molecule has 2 N–H and O–H groups in total. The summed E-state index contributed by atoms with van der Waals surface area (Å²) in [5.74, 6) is 0.365. The molecule has 0 heterocycles. The van der Waals surface area contributed by atoms with Crippen LogP contribution in [-0.4, -0.2) is 11.1 Å². The zero-order chi connectivity index (χ0) is 13.5.